The molecule has 1 rings (SSSR count). The molecular formula is C11H22N2O2. The quantitative estimate of drug-likeness (QED) is 0.681. The number of nitrogens with zero attached hydrogens (tertiary/aromatic N) is 1. The third-order valence-electron chi connectivity index (χ3n) is 2.88. The molecular weight excluding hydrogens is 192 g/mol. The van der Waals surface area contributed by atoms with E-state index in [0.717, 1.165) is 26.1 Å². The largest absolute Gasteiger partial charge is 0.466 e. The van der Waals surface area contributed by atoms with E-state index >= 15 is 0 Å². The summed E-state index contributed by atoms with van der Waals surface area (Å²) >= 11 is 0. The monoisotopic (exact) mass is 214 g/mol. The number of likely N-dealkylation sites (tertiary alicyclic amines) is 1. The zero-order valence-corrected chi connectivity index (χ0v) is 10.0. The van der Waals surface area contributed by atoms with E-state index in [1.54, 1.807) is 0 Å². The summed E-state index contributed by atoms with van der Waals surface area (Å²) in [6, 6.07) is 0. The Morgan fingerprint density at radius 1 is 1.53 bits per heavy atom. The lowest BCUT2D eigenvalue weighted by Gasteiger charge is -2.28. The van der Waals surface area contributed by atoms with Gasteiger partial charge in [-0.05, 0) is 33.5 Å². The smallest absolute Gasteiger partial charge is 0.307 e. The molecule has 0 radical (unpaired) electrons. The highest BCUT2D eigenvalue weighted by molar-refractivity contribution is 5.71. The van der Waals surface area contributed by atoms with Crippen molar-refractivity contribution in [2.45, 2.75) is 32.2 Å². The number of nitrogens with one attached hydrogen (secondary N) is 1. The Hall–Kier alpha value is -0.610. The van der Waals surface area contributed by atoms with Crippen molar-refractivity contribution in [3.63, 3.8) is 0 Å². The van der Waals surface area contributed by atoms with Crippen LogP contribution in [-0.4, -0.2) is 49.7 Å². The molecule has 0 aromatic rings. The number of esters is 1. The zero-order valence-electron chi connectivity index (χ0n) is 10.0. The Balaban J connectivity index is 2.54. The lowest BCUT2D eigenvalue weighted by Crippen LogP contribution is -2.48. The van der Waals surface area contributed by atoms with E-state index in [4.69, 9.17) is 4.74 Å². The van der Waals surface area contributed by atoms with Crippen LogP contribution in [0.15, 0.2) is 0 Å². The zero-order chi connectivity index (χ0) is 11.3. The van der Waals surface area contributed by atoms with Gasteiger partial charge >= 0.3 is 5.97 Å². The first kappa shape index (κ1) is 12.5. The van der Waals surface area contributed by atoms with Crippen molar-refractivity contribution in [3.05, 3.63) is 0 Å². The van der Waals surface area contributed by atoms with Crippen molar-refractivity contribution in [2.75, 3.05) is 33.3 Å². The highest BCUT2D eigenvalue weighted by Crippen LogP contribution is 2.24. The predicted molar refractivity (Wildman–Crippen MR) is 59.8 cm³/mol. The molecule has 1 N–H and O–H groups in total. The first-order valence-corrected chi connectivity index (χ1v) is 5.71. The van der Waals surface area contributed by atoms with Gasteiger partial charge in [0, 0.05) is 12.1 Å². The Labute approximate surface area is 92.0 Å². The van der Waals surface area contributed by atoms with Gasteiger partial charge in [0.15, 0.2) is 0 Å². The third kappa shape index (κ3) is 3.47. The van der Waals surface area contributed by atoms with Crippen molar-refractivity contribution >= 4 is 5.97 Å². The molecule has 15 heavy (non-hydrogen) atoms. The number of rotatable bonds is 5. The minimum Gasteiger partial charge on any atom is -0.466 e. The van der Waals surface area contributed by atoms with E-state index in [2.05, 4.69) is 24.2 Å². The predicted octanol–water partition coefficient (Wildman–Crippen LogP) is 0.623. The van der Waals surface area contributed by atoms with Crippen LogP contribution >= 0.6 is 0 Å². The van der Waals surface area contributed by atoms with Gasteiger partial charge in [-0.2, -0.15) is 0 Å². The molecule has 0 saturated carbocycles. The van der Waals surface area contributed by atoms with Crippen molar-refractivity contribution < 1.29 is 9.53 Å². The second kappa shape index (κ2) is 5.47. The molecule has 1 atom stereocenters. The maximum atomic E-state index is 11.5. The Morgan fingerprint density at radius 2 is 2.27 bits per heavy atom. The number of hydrogen-bond donors (Lipinski definition) is 1. The lowest BCUT2D eigenvalue weighted by atomic mass is 9.94. The molecule has 1 saturated heterocycles. The van der Waals surface area contributed by atoms with Crippen molar-refractivity contribution in [3.8, 4) is 0 Å². The van der Waals surface area contributed by atoms with Crippen LogP contribution in [0.5, 0.6) is 0 Å². The van der Waals surface area contributed by atoms with Crippen LogP contribution in [0, 0.1) is 0 Å². The van der Waals surface area contributed by atoms with E-state index in [1.165, 1.54) is 0 Å². The first-order valence-electron chi connectivity index (χ1n) is 5.71. The summed E-state index contributed by atoms with van der Waals surface area (Å²) in [6.07, 6.45) is 1.51. The molecule has 1 unspecified atom stereocenters. The van der Waals surface area contributed by atoms with Gasteiger partial charge in [0.2, 0.25) is 0 Å². The fourth-order valence-corrected chi connectivity index (χ4v) is 2.29. The van der Waals surface area contributed by atoms with Gasteiger partial charge in [0.25, 0.3) is 0 Å². The lowest BCUT2D eigenvalue weighted by molar-refractivity contribution is -0.144. The van der Waals surface area contributed by atoms with Crippen molar-refractivity contribution in [1.29, 1.82) is 0 Å². The molecule has 0 amide bonds. The molecule has 0 spiro atoms. The van der Waals surface area contributed by atoms with Crippen molar-refractivity contribution in [2.24, 2.45) is 0 Å². The summed E-state index contributed by atoms with van der Waals surface area (Å²) in [7, 11) is 2.09. The summed E-state index contributed by atoms with van der Waals surface area (Å²) in [4.78, 5) is 13.8. The standard InChI is InChI=1S/C11H22N2O2/c1-4-12-11(6-7-13(3)9-11)8-10(14)15-5-2/h12H,4-9H2,1-3H3. The molecule has 4 nitrogen and oxygen atoms in total. The molecule has 0 aliphatic carbocycles. The molecule has 1 aliphatic heterocycles. The summed E-state index contributed by atoms with van der Waals surface area (Å²) in [5.41, 5.74) is -0.0598. The van der Waals surface area contributed by atoms with E-state index in [9.17, 15) is 4.79 Å². The SMILES string of the molecule is CCNC1(CC(=O)OCC)CCN(C)C1. The van der Waals surface area contributed by atoms with Gasteiger partial charge in [-0.3, -0.25) is 4.79 Å². The number of hydrogen-bond acceptors (Lipinski definition) is 4. The van der Waals surface area contributed by atoms with Crippen LogP contribution in [-0.2, 0) is 9.53 Å². The molecule has 0 bridgehead atoms. The van der Waals surface area contributed by atoms with Crippen LogP contribution < -0.4 is 5.32 Å². The van der Waals surface area contributed by atoms with Gasteiger partial charge in [0.05, 0.1) is 13.0 Å². The van der Waals surface area contributed by atoms with Gasteiger partial charge < -0.3 is 15.0 Å². The van der Waals surface area contributed by atoms with Gasteiger partial charge in [-0.25, -0.2) is 0 Å². The van der Waals surface area contributed by atoms with Crippen LogP contribution in [0.4, 0.5) is 0 Å². The van der Waals surface area contributed by atoms with E-state index in [-0.39, 0.29) is 11.5 Å². The number of carbonyl (C=O) groups excluding carboxylic acids is 1. The average Bonchev–Trinajstić information content (AvgIpc) is 2.48. The van der Waals surface area contributed by atoms with E-state index in [1.807, 2.05) is 6.92 Å². The minimum absolute atomic E-state index is 0.0598. The number of carbonyl (C=O) groups is 1. The van der Waals surface area contributed by atoms with Crippen LogP contribution in [0.3, 0.4) is 0 Å². The van der Waals surface area contributed by atoms with Gasteiger partial charge in [-0.1, -0.05) is 6.92 Å². The summed E-state index contributed by atoms with van der Waals surface area (Å²) in [6.45, 7) is 7.26. The Kier molecular flexibility index (Phi) is 4.54. The van der Waals surface area contributed by atoms with Crippen LogP contribution in [0.1, 0.15) is 26.7 Å². The van der Waals surface area contributed by atoms with Crippen LogP contribution in [0.25, 0.3) is 0 Å². The van der Waals surface area contributed by atoms with Crippen LogP contribution in [0.2, 0.25) is 0 Å². The highest BCUT2D eigenvalue weighted by Gasteiger charge is 2.38. The van der Waals surface area contributed by atoms with Gasteiger partial charge in [-0.15, -0.1) is 0 Å². The third-order valence-corrected chi connectivity index (χ3v) is 2.88. The molecule has 4 heteroatoms. The summed E-state index contributed by atoms with van der Waals surface area (Å²) < 4.78 is 5.01. The molecule has 0 aromatic heterocycles. The average molecular weight is 214 g/mol. The molecule has 1 aliphatic rings. The highest BCUT2D eigenvalue weighted by atomic mass is 16.5. The number of ether oxygens (including phenoxy) is 1. The molecule has 1 heterocycles. The van der Waals surface area contributed by atoms with Crippen molar-refractivity contribution in [1.82, 2.24) is 10.2 Å². The molecule has 88 valence electrons. The Bertz CT molecular complexity index is 217. The summed E-state index contributed by atoms with van der Waals surface area (Å²) in [5, 5.41) is 3.44. The number of likely N-dealkylation sites (N-methyl/N-ethyl adjacent to an activating group) is 2. The minimum atomic E-state index is -0.0891. The van der Waals surface area contributed by atoms with E-state index < -0.39 is 0 Å². The van der Waals surface area contributed by atoms with E-state index in [0.29, 0.717) is 13.0 Å². The fraction of sp³-hybridized carbons (Fsp3) is 0.909. The second-order valence-corrected chi connectivity index (χ2v) is 4.28. The normalized spacial score (nSPS) is 26.9. The van der Waals surface area contributed by atoms with Gasteiger partial charge in [0.1, 0.15) is 0 Å². The Morgan fingerprint density at radius 3 is 2.73 bits per heavy atom. The second-order valence-electron chi connectivity index (χ2n) is 4.28. The first-order chi connectivity index (χ1) is 7.12. The molecule has 1 fully saturated rings. The maximum absolute atomic E-state index is 11.5. The maximum Gasteiger partial charge on any atom is 0.307 e. The topological polar surface area (TPSA) is 41.6 Å². The fourth-order valence-electron chi connectivity index (χ4n) is 2.29. The molecule has 0 aromatic carbocycles. The summed E-state index contributed by atoms with van der Waals surface area (Å²) in [5.74, 6) is -0.0891.